The second-order valence-corrected chi connectivity index (χ2v) is 5.13. The quantitative estimate of drug-likeness (QED) is 0.790. The Hall–Kier alpha value is -2.18. The second kappa shape index (κ2) is 4.98. The van der Waals surface area contributed by atoms with E-state index < -0.39 is 17.4 Å². The molecule has 108 valence electrons. The first kappa shape index (κ1) is 13.8. The predicted molar refractivity (Wildman–Crippen MR) is 78.4 cm³/mol. The number of benzene rings is 1. The lowest BCUT2D eigenvalue weighted by atomic mass is 10.2. The Morgan fingerprint density at radius 1 is 1.38 bits per heavy atom. The summed E-state index contributed by atoms with van der Waals surface area (Å²) in [6.07, 6.45) is 1.58. The second-order valence-electron chi connectivity index (χ2n) is 4.72. The Morgan fingerprint density at radius 3 is 2.81 bits per heavy atom. The molecule has 2 N–H and O–H groups in total. The van der Waals surface area contributed by atoms with Crippen LogP contribution in [0, 0.1) is 5.82 Å². The molecule has 1 aromatic carbocycles. The molecule has 0 amide bonds. The molecule has 0 aliphatic rings. The SMILES string of the molecule is C[C@H](N)c1nn2ccc(Cl)c2c(=O)n1-c1cccc(F)c1. The lowest BCUT2D eigenvalue weighted by molar-refractivity contribution is 0.619. The summed E-state index contributed by atoms with van der Waals surface area (Å²) < 4.78 is 16.1. The zero-order valence-corrected chi connectivity index (χ0v) is 11.9. The minimum Gasteiger partial charge on any atom is -0.322 e. The van der Waals surface area contributed by atoms with Gasteiger partial charge in [-0.15, -0.1) is 0 Å². The van der Waals surface area contributed by atoms with Crippen molar-refractivity contribution in [2.45, 2.75) is 13.0 Å². The van der Waals surface area contributed by atoms with Gasteiger partial charge in [0.1, 0.15) is 11.3 Å². The Morgan fingerprint density at radius 2 is 2.14 bits per heavy atom. The monoisotopic (exact) mass is 306 g/mol. The Kier molecular flexibility index (Phi) is 3.27. The van der Waals surface area contributed by atoms with E-state index in [1.54, 1.807) is 25.3 Å². The van der Waals surface area contributed by atoms with Crippen LogP contribution in [-0.4, -0.2) is 14.2 Å². The van der Waals surface area contributed by atoms with Crippen molar-refractivity contribution in [1.29, 1.82) is 0 Å². The molecule has 1 atom stereocenters. The summed E-state index contributed by atoms with van der Waals surface area (Å²) in [4.78, 5) is 12.7. The Balaban J connectivity index is 2.44. The van der Waals surface area contributed by atoms with E-state index in [0.717, 1.165) is 0 Å². The van der Waals surface area contributed by atoms with Gasteiger partial charge in [0.15, 0.2) is 5.82 Å². The van der Waals surface area contributed by atoms with Crippen LogP contribution in [0.25, 0.3) is 11.2 Å². The van der Waals surface area contributed by atoms with Gasteiger partial charge in [-0.2, -0.15) is 5.10 Å². The molecule has 0 aliphatic carbocycles. The van der Waals surface area contributed by atoms with Crippen LogP contribution < -0.4 is 11.3 Å². The Labute approximate surface area is 124 Å². The summed E-state index contributed by atoms with van der Waals surface area (Å²) in [5, 5.41) is 4.60. The number of nitrogens with zero attached hydrogens (tertiary/aromatic N) is 3. The van der Waals surface area contributed by atoms with Gasteiger partial charge in [-0.25, -0.2) is 8.91 Å². The molecule has 5 nitrogen and oxygen atoms in total. The van der Waals surface area contributed by atoms with Gasteiger partial charge in [0.2, 0.25) is 0 Å². The van der Waals surface area contributed by atoms with Crippen LogP contribution in [0.3, 0.4) is 0 Å². The van der Waals surface area contributed by atoms with Crippen LogP contribution in [-0.2, 0) is 0 Å². The number of nitrogens with two attached hydrogens (primary N) is 1. The number of hydrogen-bond donors (Lipinski definition) is 1. The van der Waals surface area contributed by atoms with Gasteiger partial charge in [0, 0.05) is 6.20 Å². The number of aromatic nitrogens is 3. The molecule has 0 unspecified atom stereocenters. The highest BCUT2D eigenvalue weighted by Gasteiger charge is 2.18. The van der Waals surface area contributed by atoms with E-state index in [4.69, 9.17) is 17.3 Å². The van der Waals surface area contributed by atoms with Crippen molar-refractivity contribution < 1.29 is 4.39 Å². The third kappa shape index (κ3) is 2.22. The first-order valence-electron chi connectivity index (χ1n) is 6.30. The van der Waals surface area contributed by atoms with Gasteiger partial charge in [0.05, 0.1) is 16.8 Å². The van der Waals surface area contributed by atoms with Crippen molar-refractivity contribution in [1.82, 2.24) is 14.2 Å². The molecule has 0 bridgehead atoms. The average Bonchev–Trinajstić information content (AvgIpc) is 2.80. The summed E-state index contributed by atoms with van der Waals surface area (Å²) in [5.41, 5.74) is 6.09. The predicted octanol–water partition coefficient (Wildman–Crippen LogP) is 2.30. The molecule has 2 heterocycles. The van der Waals surface area contributed by atoms with E-state index in [1.165, 1.54) is 27.3 Å². The van der Waals surface area contributed by atoms with Gasteiger partial charge in [-0.3, -0.25) is 9.36 Å². The van der Waals surface area contributed by atoms with Gasteiger partial charge in [-0.1, -0.05) is 17.7 Å². The van der Waals surface area contributed by atoms with E-state index in [-0.39, 0.29) is 10.5 Å². The highest BCUT2D eigenvalue weighted by Crippen LogP contribution is 2.18. The number of rotatable bonds is 2. The molecule has 3 aromatic rings. The minimum absolute atomic E-state index is 0.227. The van der Waals surface area contributed by atoms with Gasteiger partial charge in [-0.05, 0) is 31.2 Å². The summed E-state index contributed by atoms with van der Waals surface area (Å²) in [5.74, 6) is -0.123. The molecular formula is C14H12ClFN4O. The summed E-state index contributed by atoms with van der Waals surface area (Å²) in [7, 11) is 0. The van der Waals surface area contributed by atoms with E-state index in [2.05, 4.69) is 5.10 Å². The summed E-state index contributed by atoms with van der Waals surface area (Å²) >= 11 is 6.02. The zero-order chi connectivity index (χ0) is 15.1. The van der Waals surface area contributed by atoms with E-state index in [9.17, 15) is 9.18 Å². The zero-order valence-electron chi connectivity index (χ0n) is 11.1. The molecule has 21 heavy (non-hydrogen) atoms. The highest BCUT2D eigenvalue weighted by molar-refractivity contribution is 6.33. The van der Waals surface area contributed by atoms with E-state index in [1.807, 2.05) is 0 Å². The van der Waals surface area contributed by atoms with Gasteiger partial charge in [0.25, 0.3) is 5.56 Å². The first-order valence-corrected chi connectivity index (χ1v) is 6.68. The topological polar surface area (TPSA) is 65.3 Å². The van der Waals surface area contributed by atoms with E-state index >= 15 is 0 Å². The number of hydrogen-bond acceptors (Lipinski definition) is 3. The van der Waals surface area contributed by atoms with Crippen LogP contribution in [0.4, 0.5) is 4.39 Å². The summed E-state index contributed by atoms with van der Waals surface area (Å²) in [6.45, 7) is 1.70. The van der Waals surface area contributed by atoms with Gasteiger partial charge < -0.3 is 5.73 Å². The molecule has 0 radical (unpaired) electrons. The maximum Gasteiger partial charge on any atom is 0.284 e. The number of halogens is 2. The lowest BCUT2D eigenvalue weighted by Crippen LogP contribution is -2.29. The van der Waals surface area contributed by atoms with Crippen molar-refractivity contribution in [2.75, 3.05) is 0 Å². The van der Waals surface area contributed by atoms with E-state index in [0.29, 0.717) is 11.5 Å². The Bertz CT molecular complexity index is 884. The van der Waals surface area contributed by atoms with Crippen molar-refractivity contribution in [3.8, 4) is 5.69 Å². The molecule has 3 rings (SSSR count). The van der Waals surface area contributed by atoms with Crippen molar-refractivity contribution >= 4 is 17.1 Å². The van der Waals surface area contributed by atoms with Crippen LogP contribution >= 0.6 is 11.6 Å². The summed E-state index contributed by atoms with van der Waals surface area (Å²) in [6, 6.07) is 6.76. The van der Waals surface area contributed by atoms with Crippen molar-refractivity contribution in [3.63, 3.8) is 0 Å². The highest BCUT2D eigenvalue weighted by atomic mass is 35.5. The fraction of sp³-hybridized carbons (Fsp3) is 0.143. The average molecular weight is 307 g/mol. The molecule has 0 saturated carbocycles. The van der Waals surface area contributed by atoms with Crippen molar-refractivity contribution in [3.05, 3.63) is 63.5 Å². The first-order chi connectivity index (χ1) is 9.99. The van der Waals surface area contributed by atoms with Crippen LogP contribution in [0.2, 0.25) is 5.02 Å². The molecule has 7 heteroatoms. The normalized spacial score (nSPS) is 12.8. The maximum atomic E-state index is 13.5. The molecule has 2 aromatic heterocycles. The lowest BCUT2D eigenvalue weighted by Gasteiger charge is -2.15. The van der Waals surface area contributed by atoms with Gasteiger partial charge >= 0.3 is 0 Å². The van der Waals surface area contributed by atoms with Crippen LogP contribution in [0.1, 0.15) is 18.8 Å². The molecule has 0 spiro atoms. The number of fused-ring (bicyclic) bond motifs is 1. The largest absolute Gasteiger partial charge is 0.322 e. The fourth-order valence-electron chi connectivity index (χ4n) is 2.21. The molecular weight excluding hydrogens is 295 g/mol. The molecule has 0 saturated heterocycles. The fourth-order valence-corrected chi connectivity index (χ4v) is 2.43. The third-order valence-corrected chi connectivity index (χ3v) is 3.44. The van der Waals surface area contributed by atoms with Crippen molar-refractivity contribution in [2.24, 2.45) is 5.73 Å². The minimum atomic E-state index is -0.508. The van der Waals surface area contributed by atoms with Crippen LogP contribution in [0.15, 0.2) is 41.3 Å². The molecule has 0 fully saturated rings. The standard InChI is InChI=1S/C14H12ClFN4O/c1-8(17)13-18-19-6-5-11(15)12(19)14(21)20(13)10-4-2-3-9(16)7-10/h2-8H,17H2,1H3/t8-/m0/s1. The maximum absolute atomic E-state index is 13.5. The van der Waals surface area contributed by atoms with Crippen LogP contribution in [0.5, 0.6) is 0 Å². The molecule has 0 aliphatic heterocycles. The third-order valence-electron chi connectivity index (χ3n) is 3.14. The smallest absolute Gasteiger partial charge is 0.284 e.